The molecule has 0 aromatic carbocycles. The van der Waals surface area contributed by atoms with E-state index in [0.717, 1.165) is 31.8 Å². The van der Waals surface area contributed by atoms with Gasteiger partial charge < -0.3 is 10.6 Å². The van der Waals surface area contributed by atoms with Gasteiger partial charge in [0.2, 0.25) is 0 Å². The molecule has 0 unspecified atom stereocenters. The first-order chi connectivity index (χ1) is 8.59. The number of aromatic nitrogens is 1. The molecule has 0 radical (unpaired) electrons. The Morgan fingerprint density at radius 2 is 2.11 bits per heavy atom. The zero-order valence-electron chi connectivity index (χ0n) is 11.1. The summed E-state index contributed by atoms with van der Waals surface area (Å²) in [6.07, 6.45) is 5.33. The Morgan fingerprint density at radius 3 is 2.67 bits per heavy atom. The predicted molar refractivity (Wildman–Crippen MR) is 72.1 cm³/mol. The lowest BCUT2D eigenvalue weighted by molar-refractivity contribution is 0.0668. The molecular weight excluding hydrogens is 226 g/mol. The summed E-state index contributed by atoms with van der Waals surface area (Å²) in [5.74, 6) is 1.48. The second-order valence-electron chi connectivity index (χ2n) is 5.34. The number of rotatable bonds is 2. The van der Waals surface area contributed by atoms with E-state index in [1.165, 1.54) is 6.20 Å². The highest BCUT2D eigenvalue weighted by Crippen LogP contribution is 2.25. The third kappa shape index (κ3) is 2.63. The van der Waals surface area contributed by atoms with Crippen molar-refractivity contribution in [2.24, 2.45) is 11.8 Å². The Morgan fingerprint density at radius 1 is 1.44 bits per heavy atom. The standard InChI is InChI=1S/C14H21N3O/c1-10(2)11-4-7-17(8-5-11)14(18)12-3-6-16-9-13(12)15/h3,6,9-11H,4-5,7-8,15H2,1-2H3. The number of pyridine rings is 1. The van der Waals surface area contributed by atoms with Crippen LogP contribution in [0.15, 0.2) is 18.5 Å². The molecule has 1 amide bonds. The average Bonchev–Trinajstić information content (AvgIpc) is 2.38. The third-order valence-corrected chi connectivity index (χ3v) is 3.85. The van der Waals surface area contributed by atoms with Crippen LogP contribution in [0.4, 0.5) is 5.69 Å². The van der Waals surface area contributed by atoms with E-state index in [9.17, 15) is 4.79 Å². The van der Waals surface area contributed by atoms with Gasteiger partial charge in [-0.15, -0.1) is 0 Å². The summed E-state index contributed by atoms with van der Waals surface area (Å²) in [5.41, 5.74) is 6.84. The van der Waals surface area contributed by atoms with Crippen LogP contribution >= 0.6 is 0 Å². The highest BCUT2D eigenvalue weighted by molar-refractivity contribution is 5.98. The Balaban J connectivity index is 2.02. The molecule has 2 rings (SSSR count). The van der Waals surface area contributed by atoms with Gasteiger partial charge in [-0.25, -0.2) is 0 Å². The molecule has 1 aliphatic heterocycles. The van der Waals surface area contributed by atoms with Crippen molar-refractivity contribution in [1.82, 2.24) is 9.88 Å². The van der Waals surface area contributed by atoms with Gasteiger partial charge in [0, 0.05) is 19.3 Å². The van der Waals surface area contributed by atoms with Crippen molar-refractivity contribution in [3.05, 3.63) is 24.0 Å². The summed E-state index contributed by atoms with van der Waals surface area (Å²) in [4.78, 5) is 18.1. The maximum atomic E-state index is 12.3. The van der Waals surface area contributed by atoms with Crippen molar-refractivity contribution in [3.63, 3.8) is 0 Å². The van der Waals surface area contributed by atoms with Crippen LogP contribution in [-0.2, 0) is 0 Å². The zero-order valence-corrected chi connectivity index (χ0v) is 11.1. The quantitative estimate of drug-likeness (QED) is 0.871. The molecular formula is C14H21N3O. The molecule has 98 valence electrons. The first-order valence-corrected chi connectivity index (χ1v) is 6.58. The summed E-state index contributed by atoms with van der Waals surface area (Å²) in [7, 11) is 0. The molecule has 1 aromatic rings. The second kappa shape index (κ2) is 5.38. The molecule has 0 bridgehead atoms. The zero-order chi connectivity index (χ0) is 13.1. The number of piperidine rings is 1. The highest BCUT2D eigenvalue weighted by Gasteiger charge is 2.25. The predicted octanol–water partition coefficient (Wildman–Crippen LogP) is 2.17. The normalized spacial score (nSPS) is 17.2. The van der Waals surface area contributed by atoms with Crippen LogP contribution in [0.2, 0.25) is 0 Å². The average molecular weight is 247 g/mol. The van der Waals surface area contributed by atoms with Crippen molar-refractivity contribution >= 4 is 11.6 Å². The topological polar surface area (TPSA) is 59.2 Å². The van der Waals surface area contributed by atoms with Gasteiger partial charge >= 0.3 is 0 Å². The molecule has 18 heavy (non-hydrogen) atoms. The maximum absolute atomic E-state index is 12.3. The molecule has 1 aliphatic rings. The monoisotopic (exact) mass is 247 g/mol. The van der Waals surface area contributed by atoms with E-state index >= 15 is 0 Å². The maximum Gasteiger partial charge on any atom is 0.256 e. The fourth-order valence-corrected chi connectivity index (χ4v) is 2.54. The number of hydrogen-bond donors (Lipinski definition) is 1. The number of likely N-dealkylation sites (tertiary alicyclic amines) is 1. The molecule has 2 N–H and O–H groups in total. The Hall–Kier alpha value is -1.58. The highest BCUT2D eigenvalue weighted by atomic mass is 16.2. The second-order valence-corrected chi connectivity index (χ2v) is 5.34. The van der Waals surface area contributed by atoms with Crippen LogP contribution in [0.25, 0.3) is 0 Å². The van der Waals surface area contributed by atoms with Crippen LogP contribution in [-0.4, -0.2) is 28.9 Å². The fraction of sp³-hybridized carbons (Fsp3) is 0.571. The number of amides is 1. The van der Waals surface area contributed by atoms with E-state index in [-0.39, 0.29) is 5.91 Å². The number of nitrogens with zero attached hydrogens (tertiary/aromatic N) is 2. The van der Waals surface area contributed by atoms with Crippen LogP contribution in [0.1, 0.15) is 37.0 Å². The summed E-state index contributed by atoms with van der Waals surface area (Å²) in [6.45, 7) is 6.18. The van der Waals surface area contributed by atoms with E-state index in [1.54, 1.807) is 12.3 Å². The van der Waals surface area contributed by atoms with E-state index in [2.05, 4.69) is 18.8 Å². The summed E-state index contributed by atoms with van der Waals surface area (Å²) >= 11 is 0. The summed E-state index contributed by atoms with van der Waals surface area (Å²) in [6, 6.07) is 1.70. The van der Waals surface area contributed by atoms with Crippen molar-refractivity contribution in [2.75, 3.05) is 18.8 Å². The van der Waals surface area contributed by atoms with E-state index < -0.39 is 0 Å². The smallest absolute Gasteiger partial charge is 0.256 e. The van der Waals surface area contributed by atoms with Gasteiger partial charge in [-0.2, -0.15) is 0 Å². The van der Waals surface area contributed by atoms with Gasteiger partial charge in [0.25, 0.3) is 5.91 Å². The van der Waals surface area contributed by atoms with Gasteiger partial charge in [-0.3, -0.25) is 9.78 Å². The molecule has 0 atom stereocenters. The molecule has 0 spiro atoms. The minimum absolute atomic E-state index is 0.0390. The number of carbonyl (C=O) groups excluding carboxylic acids is 1. The largest absolute Gasteiger partial charge is 0.397 e. The van der Waals surface area contributed by atoms with E-state index in [4.69, 9.17) is 5.73 Å². The number of hydrogen-bond acceptors (Lipinski definition) is 3. The molecule has 2 heterocycles. The minimum Gasteiger partial charge on any atom is -0.397 e. The fourth-order valence-electron chi connectivity index (χ4n) is 2.54. The van der Waals surface area contributed by atoms with Crippen LogP contribution in [0.3, 0.4) is 0 Å². The number of nitrogen functional groups attached to an aromatic ring is 1. The Labute approximate surface area is 108 Å². The SMILES string of the molecule is CC(C)C1CCN(C(=O)c2ccncc2N)CC1. The minimum atomic E-state index is 0.0390. The summed E-state index contributed by atoms with van der Waals surface area (Å²) in [5, 5.41) is 0. The van der Waals surface area contributed by atoms with Crippen molar-refractivity contribution in [3.8, 4) is 0 Å². The molecule has 0 aliphatic carbocycles. The number of carbonyl (C=O) groups is 1. The number of nitrogens with two attached hydrogens (primary N) is 1. The van der Waals surface area contributed by atoms with E-state index in [1.807, 2.05) is 4.90 Å². The molecule has 1 fully saturated rings. The molecule has 4 heteroatoms. The van der Waals surface area contributed by atoms with Gasteiger partial charge in [-0.1, -0.05) is 13.8 Å². The lowest BCUT2D eigenvalue weighted by atomic mass is 9.86. The Bertz CT molecular complexity index is 423. The molecule has 4 nitrogen and oxygen atoms in total. The van der Waals surface area contributed by atoms with Gasteiger partial charge in [0.15, 0.2) is 0 Å². The lowest BCUT2D eigenvalue weighted by Crippen LogP contribution is -2.39. The Kier molecular flexibility index (Phi) is 3.84. The first-order valence-electron chi connectivity index (χ1n) is 6.58. The first kappa shape index (κ1) is 12.9. The van der Waals surface area contributed by atoms with Crippen molar-refractivity contribution < 1.29 is 4.79 Å². The van der Waals surface area contributed by atoms with Crippen LogP contribution in [0.5, 0.6) is 0 Å². The van der Waals surface area contributed by atoms with Crippen molar-refractivity contribution in [2.45, 2.75) is 26.7 Å². The van der Waals surface area contributed by atoms with Gasteiger partial charge in [-0.05, 0) is 30.7 Å². The van der Waals surface area contributed by atoms with Gasteiger partial charge in [0.1, 0.15) is 0 Å². The molecule has 1 saturated heterocycles. The van der Waals surface area contributed by atoms with Crippen LogP contribution < -0.4 is 5.73 Å². The third-order valence-electron chi connectivity index (χ3n) is 3.85. The van der Waals surface area contributed by atoms with Crippen molar-refractivity contribution in [1.29, 1.82) is 0 Å². The molecule has 1 aromatic heterocycles. The van der Waals surface area contributed by atoms with E-state index in [0.29, 0.717) is 17.2 Å². The lowest BCUT2D eigenvalue weighted by Gasteiger charge is -2.34. The number of anilines is 1. The van der Waals surface area contributed by atoms with Gasteiger partial charge in [0.05, 0.1) is 17.4 Å². The van der Waals surface area contributed by atoms with Crippen LogP contribution in [0, 0.1) is 11.8 Å². The molecule has 0 saturated carbocycles. The summed E-state index contributed by atoms with van der Waals surface area (Å²) < 4.78 is 0.